The van der Waals surface area contributed by atoms with Crippen LogP contribution in [0.3, 0.4) is 0 Å². The van der Waals surface area contributed by atoms with Gasteiger partial charge in [-0.15, -0.1) is 0 Å². The van der Waals surface area contributed by atoms with Gasteiger partial charge in [-0.2, -0.15) is 5.10 Å². The number of carbonyl (C=O) groups is 1. The molecule has 13 heteroatoms. The number of aryl methyl sites for hydroxylation is 2. The zero-order valence-electron chi connectivity index (χ0n) is 26.0. The number of nitrogens with one attached hydrogen (secondary N) is 2. The van der Waals surface area contributed by atoms with Gasteiger partial charge in [-0.05, 0) is 55.0 Å². The number of benzene rings is 2. The van der Waals surface area contributed by atoms with Crippen LogP contribution in [0.25, 0.3) is 22.4 Å². The van der Waals surface area contributed by atoms with Crippen molar-refractivity contribution in [1.29, 1.82) is 0 Å². The van der Waals surface area contributed by atoms with Gasteiger partial charge in [-0.1, -0.05) is 41.9 Å². The molecule has 2 aromatic carbocycles. The molecular weight excluding hydrogens is 612 g/mol. The lowest BCUT2D eigenvalue weighted by molar-refractivity contribution is -0.0304. The summed E-state index contributed by atoms with van der Waals surface area (Å²) in [6, 6.07) is 13.1. The first-order valence-corrected chi connectivity index (χ1v) is 15.4. The van der Waals surface area contributed by atoms with E-state index in [4.69, 9.17) is 26.1 Å². The van der Waals surface area contributed by atoms with Crippen LogP contribution in [0.5, 0.6) is 5.88 Å². The van der Waals surface area contributed by atoms with Gasteiger partial charge in [-0.3, -0.25) is 14.2 Å². The van der Waals surface area contributed by atoms with E-state index in [1.165, 1.54) is 14.1 Å². The molecule has 2 aliphatic rings. The third-order valence-corrected chi connectivity index (χ3v) is 9.19. The molecule has 0 spiro atoms. The summed E-state index contributed by atoms with van der Waals surface area (Å²) in [5.74, 6) is -0.213. The molecule has 2 aromatic heterocycles. The number of nitrogens with zero attached hydrogens (tertiary/aromatic N) is 4. The summed E-state index contributed by atoms with van der Waals surface area (Å²) < 4.78 is 13.0. The molecule has 0 radical (unpaired) electrons. The van der Waals surface area contributed by atoms with E-state index in [-0.39, 0.29) is 12.1 Å². The lowest BCUT2D eigenvalue weighted by Gasteiger charge is -2.31. The predicted molar refractivity (Wildman–Crippen MR) is 174 cm³/mol. The van der Waals surface area contributed by atoms with Crippen molar-refractivity contribution in [2.24, 2.45) is 14.1 Å². The summed E-state index contributed by atoms with van der Waals surface area (Å²) in [6.07, 6.45) is 1.85. The van der Waals surface area contributed by atoms with Gasteiger partial charge in [0, 0.05) is 55.2 Å². The highest BCUT2D eigenvalue weighted by atomic mass is 35.5. The van der Waals surface area contributed by atoms with E-state index in [1.54, 1.807) is 19.2 Å². The molecule has 0 bridgehead atoms. The quantitative estimate of drug-likeness (QED) is 0.275. The number of methoxy groups -OCH3 is 1. The average Bonchev–Trinajstić information content (AvgIpc) is 3.46. The molecule has 1 amide bonds. The van der Waals surface area contributed by atoms with Crippen LogP contribution in [0.4, 0.5) is 5.69 Å². The SMILES string of the molecule is COc1nc(-c2cccc(-c3cccc(NC(=O)c4nn(C)c(=O)n(C)c4=O)c3C)c2Cl)cc2c1[C@@H](N[C@@H]1CCOC[C@@H]1O)CC2. The number of fused-ring (bicyclic) bond motifs is 1. The lowest BCUT2D eigenvalue weighted by atomic mass is 9.96. The number of carbonyl (C=O) groups excluding carboxylic acids is 1. The maximum atomic E-state index is 13.1. The summed E-state index contributed by atoms with van der Waals surface area (Å²) in [7, 11) is 4.27. The van der Waals surface area contributed by atoms with Crippen molar-refractivity contribution in [2.45, 2.75) is 44.4 Å². The van der Waals surface area contributed by atoms with Gasteiger partial charge in [0.25, 0.3) is 11.5 Å². The van der Waals surface area contributed by atoms with Gasteiger partial charge in [0.1, 0.15) is 0 Å². The van der Waals surface area contributed by atoms with Crippen LogP contribution in [0.1, 0.15) is 46.1 Å². The number of halogens is 1. The van der Waals surface area contributed by atoms with Gasteiger partial charge in [-0.25, -0.2) is 14.5 Å². The second-order valence-electron chi connectivity index (χ2n) is 11.6. The normalized spacial score (nSPS) is 19.1. The number of aliphatic hydroxyl groups is 1. The van der Waals surface area contributed by atoms with Gasteiger partial charge in [0.05, 0.1) is 30.5 Å². The first kappa shape index (κ1) is 31.6. The summed E-state index contributed by atoms with van der Waals surface area (Å²) in [6.45, 7) is 2.78. The highest BCUT2D eigenvalue weighted by Gasteiger charge is 2.33. The monoisotopic (exact) mass is 646 g/mol. The van der Waals surface area contributed by atoms with E-state index in [2.05, 4.69) is 21.8 Å². The Bertz CT molecular complexity index is 1960. The number of aromatic nitrogens is 4. The zero-order chi connectivity index (χ0) is 32.7. The third-order valence-electron chi connectivity index (χ3n) is 8.78. The van der Waals surface area contributed by atoms with Crippen molar-refractivity contribution in [1.82, 2.24) is 24.6 Å². The second kappa shape index (κ2) is 12.8. The molecule has 1 saturated heterocycles. The predicted octanol–water partition coefficient (Wildman–Crippen LogP) is 3.16. The Kier molecular flexibility index (Phi) is 8.80. The Morgan fingerprint density at radius 3 is 2.61 bits per heavy atom. The summed E-state index contributed by atoms with van der Waals surface area (Å²) in [5.41, 5.74) is 4.40. The minimum atomic E-state index is -0.786. The van der Waals surface area contributed by atoms with E-state index in [0.29, 0.717) is 35.5 Å². The first-order valence-electron chi connectivity index (χ1n) is 15.0. The molecule has 1 fully saturated rings. The molecular formula is C33H35ClN6O6. The van der Waals surface area contributed by atoms with E-state index in [9.17, 15) is 19.5 Å². The van der Waals surface area contributed by atoms with Crippen LogP contribution < -0.4 is 26.6 Å². The highest BCUT2D eigenvalue weighted by Crippen LogP contribution is 2.43. The minimum Gasteiger partial charge on any atom is -0.481 e. The number of rotatable bonds is 7. The van der Waals surface area contributed by atoms with Crippen molar-refractivity contribution in [3.05, 3.63) is 90.7 Å². The highest BCUT2D eigenvalue weighted by molar-refractivity contribution is 6.36. The van der Waals surface area contributed by atoms with Crippen molar-refractivity contribution >= 4 is 23.2 Å². The maximum absolute atomic E-state index is 13.1. The molecule has 1 aliphatic carbocycles. The van der Waals surface area contributed by atoms with Gasteiger partial charge in [0.15, 0.2) is 0 Å². The molecule has 240 valence electrons. The van der Waals surface area contributed by atoms with E-state index >= 15 is 0 Å². The Morgan fingerprint density at radius 1 is 1.11 bits per heavy atom. The molecule has 6 rings (SSSR count). The molecule has 3 atom stereocenters. The molecule has 0 unspecified atom stereocenters. The fourth-order valence-corrected chi connectivity index (χ4v) is 6.59. The van der Waals surface area contributed by atoms with Crippen LogP contribution in [0.2, 0.25) is 5.02 Å². The van der Waals surface area contributed by atoms with Crippen LogP contribution in [0.15, 0.2) is 52.1 Å². The molecule has 4 aromatic rings. The van der Waals surface area contributed by atoms with E-state index in [1.807, 2.05) is 31.2 Å². The number of aliphatic hydroxyl groups excluding tert-OH is 1. The lowest BCUT2D eigenvalue weighted by Crippen LogP contribution is -2.47. The van der Waals surface area contributed by atoms with Crippen LogP contribution >= 0.6 is 11.6 Å². The van der Waals surface area contributed by atoms with Crippen molar-refractivity contribution in [2.75, 3.05) is 25.6 Å². The van der Waals surface area contributed by atoms with Crippen molar-refractivity contribution < 1.29 is 19.4 Å². The molecule has 46 heavy (non-hydrogen) atoms. The molecule has 1 aliphatic heterocycles. The van der Waals surface area contributed by atoms with Crippen LogP contribution in [-0.2, 0) is 25.3 Å². The molecule has 0 saturated carbocycles. The standard InChI is InChI=1S/C33H35ClN6O6/c1-17-19(7-6-10-22(17)36-30(42)29-32(43)39(2)33(44)40(3)38-29)20-8-5-9-21(28(20)34)25-15-18-11-12-24(27(18)31(37-25)45-4)35-23-13-14-46-16-26(23)41/h5-10,15,23-24,26,35,41H,11-14,16H2,1-4H3,(H,36,42)/t23-,24+,26+/m1/s1. The number of anilines is 1. The molecule has 3 heterocycles. The third kappa shape index (κ3) is 5.73. The zero-order valence-corrected chi connectivity index (χ0v) is 26.7. The summed E-state index contributed by atoms with van der Waals surface area (Å²) in [5, 5.41) is 21.1. The summed E-state index contributed by atoms with van der Waals surface area (Å²) >= 11 is 7.09. The second-order valence-corrected chi connectivity index (χ2v) is 12.0. The van der Waals surface area contributed by atoms with Crippen molar-refractivity contribution in [3.63, 3.8) is 0 Å². The molecule has 3 N–H and O–H groups in total. The van der Waals surface area contributed by atoms with Gasteiger partial charge < -0.3 is 25.2 Å². The number of hydrogen-bond donors (Lipinski definition) is 3. The Labute approximate surface area is 270 Å². The first-order chi connectivity index (χ1) is 22.1. The summed E-state index contributed by atoms with van der Waals surface area (Å²) in [4.78, 5) is 42.6. The van der Waals surface area contributed by atoms with E-state index in [0.717, 1.165) is 61.9 Å². The fraction of sp³-hybridized carbons (Fsp3) is 0.364. The fourth-order valence-electron chi connectivity index (χ4n) is 6.26. The smallest absolute Gasteiger partial charge is 0.346 e. The Hall–Kier alpha value is -4.36. The number of pyridine rings is 1. The van der Waals surface area contributed by atoms with E-state index < -0.39 is 29.0 Å². The van der Waals surface area contributed by atoms with Crippen LogP contribution in [-0.4, -0.2) is 62.8 Å². The largest absolute Gasteiger partial charge is 0.481 e. The van der Waals surface area contributed by atoms with Gasteiger partial charge >= 0.3 is 5.69 Å². The number of ether oxygens (including phenoxy) is 2. The minimum absolute atomic E-state index is 0.00260. The van der Waals surface area contributed by atoms with Gasteiger partial charge in [0.2, 0.25) is 11.6 Å². The maximum Gasteiger partial charge on any atom is 0.346 e. The van der Waals surface area contributed by atoms with Crippen LogP contribution in [0, 0.1) is 6.92 Å². The number of amides is 1. The topological polar surface area (TPSA) is 150 Å². The average molecular weight is 647 g/mol. The molecule has 12 nitrogen and oxygen atoms in total. The van der Waals surface area contributed by atoms with Crippen molar-refractivity contribution in [3.8, 4) is 28.3 Å². The Morgan fingerprint density at radius 2 is 1.85 bits per heavy atom. The number of hydrogen-bond acceptors (Lipinski definition) is 9. The Balaban J connectivity index is 1.31.